The van der Waals surface area contributed by atoms with Crippen molar-refractivity contribution in [3.63, 3.8) is 0 Å². The normalized spacial score (nSPS) is 0. The van der Waals surface area contributed by atoms with Gasteiger partial charge in [0.2, 0.25) is 0 Å². The third kappa shape index (κ3) is 8.89. The van der Waals surface area contributed by atoms with Crippen LogP contribution in [0.25, 0.3) is 0 Å². The fourth-order valence-electron chi connectivity index (χ4n) is 0. The van der Waals surface area contributed by atoms with E-state index in [1.54, 1.807) is 0 Å². The Hall–Kier alpha value is 2.20. The van der Waals surface area contributed by atoms with Gasteiger partial charge < -0.3 is 0 Å². The van der Waals surface area contributed by atoms with Crippen molar-refractivity contribution in [2.75, 3.05) is 0 Å². The Morgan fingerprint density at radius 1 is 0.750 bits per heavy atom. The second-order valence-corrected chi connectivity index (χ2v) is 0. The van der Waals surface area contributed by atoms with Crippen LogP contribution in [0.15, 0.2) is 0 Å². The Bertz CT molecular complexity index is 6.00. The van der Waals surface area contributed by atoms with Gasteiger partial charge in [0.25, 0.3) is 0 Å². The number of hydrogen-bond acceptors (Lipinski definition) is 0. The summed E-state index contributed by atoms with van der Waals surface area (Å²) < 4.78 is 0. The average molecular weight is 326 g/mol. The van der Waals surface area contributed by atoms with Crippen LogP contribution in [0.2, 0.25) is 0 Å². The molecule has 0 saturated carbocycles. The maximum Gasteiger partial charge on any atom is 0 e. The predicted molar refractivity (Wildman–Crippen MR) is 25.7 cm³/mol. The van der Waals surface area contributed by atoms with E-state index < -0.39 is 0 Å². The van der Waals surface area contributed by atoms with Crippen molar-refractivity contribution in [3.05, 3.63) is 0 Å². The minimum atomic E-state index is 0. The molecule has 0 nitrogen and oxygen atoms in total. The molecule has 4 heteroatoms. The van der Waals surface area contributed by atoms with Gasteiger partial charge in [-0.25, -0.2) is 0 Å². The third-order valence-electron chi connectivity index (χ3n) is 0. The molecule has 0 saturated heterocycles. The molecule has 0 aliphatic carbocycles. The molecule has 0 amide bonds. The van der Waals surface area contributed by atoms with E-state index in [9.17, 15) is 0 Å². The molecule has 0 aromatic rings. The second-order valence-electron chi connectivity index (χ2n) is 0. The van der Waals surface area contributed by atoms with Crippen LogP contribution in [0.4, 0.5) is 0 Å². The van der Waals surface area contributed by atoms with Crippen molar-refractivity contribution in [1.29, 1.82) is 0 Å². The van der Waals surface area contributed by atoms with E-state index in [1.165, 1.54) is 0 Å². The van der Waals surface area contributed by atoms with Gasteiger partial charge in [0, 0.05) is 33.0 Å². The van der Waals surface area contributed by atoms with E-state index in [0.29, 0.717) is 0 Å². The largest absolute Gasteiger partial charge is 0.114 e. The molecule has 0 rings (SSSR count). The molecule has 0 heterocycles. The molecular formula is H2BrINi2. The Morgan fingerprint density at radius 3 is 0.750 bits per heavy atom. The van der Waals surface area contributed by atoms with E-state index in [2.05, 4.69) is 0 Å². The Kier molecular flexibility index (Phi) is 164. The molecule has 0 N–H and O–H groups in total. The Morgan fingerprint density at radius 2 is 0.750 bits per heavy atom. The Labute approximate surface area is 73.1 Å². The summed E-state index contributed by atoms with van der Waals surface area (Å²) in [6, 6.07) is 0. The zero-order valence-corrected chi connectivity index (χ0v) is 7.47. The van der Waals surface area contributed by atoms with Gasteiger partial charge in [0.05, 0.1) is 0 Å². The molecule has 0 atom stereocenters. The molecule has 0 bridgehead atoms. The van der Waals surface area contributed by atoms with E-state index in [-0.39, 0.29) is 73.9 Å². The first-order valence-electron chi connectivity index (χ1n) is 0. The number of rotatable bonds is 0. The average Bonchev–Trinajstić information content (AvgIpc) is 0. The molecule has 0 aliphatic heterocycles. The molecular weight excluding hydrogens is 324 g/mol. The summed E-state index contributed by atoms with van der Waals surface area (Å²) in [5.74, 6) is 0. The fraction of sp³-hybridized carbons (Fsp3) is 0. The summed E-state index contributed by atoms with van der Waals surface area (Å²) in [6.45, 7) is 0. The molecule has 4 heavy (non-hydrogen) atoms. The summed E-state index contributed by atoms with van der Waals surface area (Å²) in [4.78, 5) is 0. The molecule has 36 valence electrons. The molecule has 0 radical (unpaired) electrons. The summed E-state index contributed by atoms with van der Waals surface area (Å²) in [5.41, 5.74) is 0. The van der Waals surface area contributed by atoms with Gasteiger partial charge in [-0.1, -0.05) is 0 Å². The monoisotopic (exact) mass is 324 g/mol. The number of hydrogen-bond donors (Lipinski definition) is 0. The zero-order valence-electron chi connectivity index (χ0n) is 1.45. The van der Waals surface area contributed by atoms with Gasteiger partial charge in [-0.3, -0.25) is 0 Å². The van der Waals surface area contributed by atoms with Gasteiger partial charge >= 0.3 is 0 Å². The van der Waals surface area contributed by atoms with Crippen molar-refractivity contribution >= 4 is 41.0 Å². The van der Waals surface area contributed by atoms with E-state index in [4.69, 9.17) is 0 Å². The third-order valence-corrected chi connectivity index (χ3v) is 0. The first-order chi connectivity index (χ1) is 0. The molecule has 0 spiro atoms. The Balaban J connectivity index is 0. The van der Waals surface area contributed by atoms with Crippen LogP contribution in [0.1, 0.15) is 0 Å². The maximum atomic E-state index is 0. The summed E-state index contributed by atoms with van der Waals surface area (Å²) in [6.07, 6.45) is 0. The van der Waals surface area contributed by atoms with Gasteiger partial charge in [-0.05, 0) is 0 Å². The van der Waals surface area contributed by atoms with Gasteiger partial charge in [-0.2, -0.15) is 0 Å². The fourth-order valence-corrected chi connectivity index (χ4v) is 0. The minimum Gasteiger partial charge on any atom is -0.114 e. The first-order valence-corrected chi connectivity index (χ1v) is 0. The molecule has 0 aromatic heterocycles. The van der Waals surface area contributed by atoms with Crippen molar-refractivity contribution in [2.24, 2.45) is 0 Å². The van der Waals surface area contributed by atoms with Gasteiger partial charge in [0.1, 0.15) is 0 Å². The van der Waals surface area contributed by atoms with Crippen molar-refractivity contribution < 1.29 is 33.0 Å². The number of halogens is 2. The summed E-state index contributed by atoms with van der Waals surface area (Å²) >= 11 is 0. The van der Waals surface area contributed by atoms with Crippen molar-refractivity contribution in [2.45, 2.75) is 0 Å². The van der Waals surface area contributed by atoms with Crippen LogP contribution in [0.5, 0.6) is 0 Å². The maximum absolute atomic E-state index is 0. The molecule has 0 fully saturated rings. The molecule has 0 unspecified atom stereocenters. The van der Waals surface area contributed by atoms with Crippen LogP contribution < -0.4 is 0 Å². The van der Waals surface area contributed by atoms with Crippen LogP contribution in [-0.2, 0) is 33.0 Å². The van der Waals surface area contributed by atoms with Gasteiger partial charge in [0.15, 0.2) is 0 Å². The SMILES string of the molecule is Br.I.[Ni].[Ni]. The zero-order chi connectivity index (χ0) is 0. The summed E-state index contributed by atoms with van der Waals surface area (Å²) in [7, 11) is 0. The quantitative estimate of drug-likeness (QED) is 0.463. The summed E-state index contributed by atoms with van der Waals surface area (Å²) in [5, 5.41) is 0. The van der Waals surface area contributed by atoms with Gasteiger partial charge in [-0.15, -0.1) is 41.0 Å². The predicted octanol–water partition coefficient (Wildman–Crippen LogP) is 1.19. The smallest absolute Gasteiger partial charge is 0 e. The van der Waals surface area contributed by atoms with Crippen LogP contribution >= 0.6 is 41.0 Å². The second kappa shape index (κ2) is 19.0. The van der Waals surface area contributed by atoms with E-state index in [0.717, 1.165) is 0 Å². The van der Waals surface area contributed by atoms with E-state index in [1.807, 2.05) is 0 Å². The van der Waals surface area contributed by atoms with Crippen molar-refractivity contribution in [1.82, 2.24) is 0 Å². The standard InChI is InChI=1S/BrH.HI.2Ni/h2*1H;;. The first kappa shape index (κ1) is 34.7. The van der Waals surface area contributed by atoms with Crippen LogP contribution in [-0.4, -0.2) is 0 Å². The topological polar surface area (TPSA) is 0 Å². The van der Waals surface area contributed by atoms with Crippen LogP contribution in [0, 0.1) is 0 Å². The van der Waals surface area contributed by atoms with Crippen molar-refractivity contribution in [3.8, 4) is 0 Å². The van der Waals surface area contributed by atoms with Crippen LogP contribution in [0.3, 0.4) is 0 Å². The van der Waals surface area contributed by atoms with E-state index >= 15 is 0 Å². The minimum absolute atomic E-state index is 0. The molecule has 0 aromatic carbocycles. The molecule has 0 aliphatic rings.